The van der Waals surface area contributed by atoms with E-state index in [2.05, 4.69) is 10.2 Å². The number of benzene rings is 2. The first-order valence-corrected chi connectivity index (χ1v) is 6.17. The summed E-state index contributed by atoms with van der Waals surface area (Å²) < 4.78 is 1.37. The zero-order valence-corrected chi connectivity index (χ0v) is 10.9. The van der Waals surface area contributed by atoms with E-state index in [-0.39, 0.29) is 5.69 Å². The van der Waals surface area contributed by atoms with Gasteiger partial charge in [0.2, 0.25) is 0 Å². The second kappa shape index (κ2) is 5.04. The van der Waals surface area contributed by atoms with Crippen molar-refractivity contribution in [2.45, 2.75) is 0 Å². The summed E-state index contributed by atoms with van der Waals surface area (Å²) in [7, 11) is 0. The molecule has 7 nitrogen and oxygen atoms in total. The fraction of sp³-hybridized carbons (Fsp3) is 0. The Morgan fingerprint density at radius 3 is 1.95 bits per heavy atom. The molecule has 0 aliphatic rings. The van der Waals surface area contributed by atoms with E-state index in [1.165, 1.54) is 16.8 Å². The highest BCUT2D eigenvalue weighted by Gasteiger charge is 2.14. The predicted molar refractivity (Wildman–Crippen MR) is 77.7 cm³/mol. The van der Waals surface area contributed by atoms with Gasteiger partial charge in [-0.25, -0.2) is 4.68 Å². The van der Waals surface area contributed by atoms with E-state index in [1.54, 1.807) is 12.1 Å². The molecule has 104 valence electrons. The largest absolute Gasteiger partial charge is 0.336 e. The van der Waals surface area contributed by atoms with Crippen molar-refractivity contribution in [3.63, 3.8) is 0 Å². The Morgan fingerprint density at radius 2 is 1.43 bits per heavy atom. The van der Waals surface area contributed by atoms with Crippen LogP contribution < -0.4 is 5.84 Å². The van der Waals surface area contributed by atoms with Crippen molar-refractivity contribution in [3.8, 4) is 22.8 Å². The zero-order chi connectivity index (χ0) is 14.8. The quantitative estimate of drug-likeness (QED) is 0.451. The van der Waals surface area contributed by atoms with E-state index in [0.29, 0.717) is 17.2 Å². The van der Waals surface area contributed by atoms with Crippen molar-refractivity contribution >= 4 is 5.69 Å². The number of hydrogen-bond acceptors (Lipinski definition) is 5. The van der Waals surface area contributed by atoms with Gasteiger partial charge < -0.3 is 5.84 Å². The molecule has 0 fully saturated rings. The SMILES string of the molecule is Nn1c(-c2ccccc2)nnc1-c1ccc([N+](=O)[O-])cc1. The predicted octanol–water partition coefficient (Wildman–Crippen LogP) is 2.23. The first kappa shape index (κ1) is 12.8. The lowest BCUT2D eigenvalue weighted by Gasteiger charge is -2.03. The van der Waals surface area contributed by atoms with Gasteiger partial charge in [-0.1, -0.05) is 30.3 Å². The van der Waals surface area contributed by atoms with E-state index in [4.69, 9.17) is 5.84 Å². The number of rotatable bonds is 3. The topological polar surface area (TPSA) is 99.9 Å². The molecule has 0 atom stereocenters. The van der Waals surface area contributed by atoms with Crippen LogP contribution in [-0.4, -0.2) is 19.8 Å². The Labute approximate surface area is 119 Å². The molecule has 0 spiro atoms. The lowest BCUT2D eigenvalue weighted by Crippen LogP contribution is -2.11. The molecular formula is C14H11N5O2. The van der Waals surface area contributed by atoms with Gasteiger partial charge in [-0.15, -0.1) is 10.2 Å². The Bertz CT molecular complexity index is 781. The van der Waals surface area contributed by atoms with E-state index in [0.717, 1.165) is 5.56 Å². The molecule has 0 unspecified atom stereocenters. The van der Waals surface area contributed by atoms with Crippen LogP contribution in [0.2, 0.25) is 0 Å². The molecule has 0 aliphatic carbocycles. The summed E-state index contributed by atoms with van der Waals surface area (Å²) in [5, 5.41) is 18.8. The molecule has 21 heavy (non-hydrogen) atoms. The third kappa shape index (κ3) is 2.32. The highest BCUT2D eigenvalue weighted by atomic mass is 16.6. The smallest absolute Gasteiger partial charge is 0.269 e. The highest BCUT2D eigenvalue weighted by Crippen LogP contribution is 2.23. The number of aromatic nitrogens is 3. The van der Waals surface area contributed by atoms with Gasteiger partial charge in [0.15, 0.2) is 11.6 Å². The summed E-state index contributed by atoms with van der Waals surface area (Å²) in [5.41, 5.74) is 1.53. The summed E-state index contributed by atoms with van der Waals surface area (Å²) in [6.07, 6.45) is 0. The Morgan fingerprint density at radius 1 is 0.905 bits per heavy atom. The van der Waals surface area contributed by atoms with Crippen molar-refractivity contribution < 1.29 is 4.92 Å². The average Bonchev–Trinajstić information content (AvgIpc) is 2.90. The molecule has 2 N–H and O–H groups in total. The number of hydrogen-bond donors (Lipinski definition) is 1. The summed E-state index contributed by atoms with van der Waals surface area (Å²) in [4.78, 5) is 10.2. The first-order valence-electron chi connectivity index (χ1n) is 6.17. The summed E-state index contributed by atoms with van der Waals surface area (Å²) >= 11 is 0. The Kier molecular flexibility index (Phi) is 3.07. The molecule has 2 aromatic carbocycles. The van der Waals surface area contributed by atoms with Crippen LogP contribution in [0.1, 0.15) is 0 Å². The highest BCUT2D eigenvalue weighted by molar-refractivity contribution is 5.63. The standard InChI is InChI=1S/C14H11N5O2/c15-18-13(10-4-2-1-3-5-10)16-17-14(18)11-6-8-12(9-7-11)19(20)21/h1-9H,15H2. The number of nitrogens with zero attached hydrogens (tertiary/aromatic N) is 4. The molecule has 3 rings (SSSR count). The molecule has 1 heterocycles. The lowest BCUT2D eigenvalue weighted by atomic mass is 10.2. The van der Waals surface area contributed by atoms with Gasteiger partial charge in [-0.2, -0.15) is 0 Å². The third-order valence-electron chi connectivity index (χ3n) is 3.06. The van der Waals surface area contributed by atoms with E-state index in [1.807, 2.05) is 30.3 Å². The van der Waals surface area contributed by atoms with Crippen molar-refractivity contribution in [2.24, 2.45) is 0 Å². The maximum absolute atomic E-state index is 10.7. The number of nitrogen functional groups attached to an aromatic ring is 1. The lowest BCUT2D eigenvalue weighted by molar-refractivity contribution is -0.384. The van der Waals surface area contributed by atoms with Gasteiger partial charge >= 0.3 is 0 Å². The normalized spacial score (nSPS) is 10.5. The summed E-state index contributed by atoms with van der Waals surface area (Å²) in [5.74, 6) is 7.00. The van der Waals surface area contributed by atoms with Gasteiger partial charge in [-0.05, 0) is 12.1 Å². The van der Waals surface area contributed by atoms with Gasteiger partial charge in [0.05, 0.1) is 4.92 Å². The molecule has 0 radical (unpaired) electrons. The fourth-order valence-electron chi connectivity index (χ4n) is 2.00. The van der Waals surface area contributed by atoms with Crippen molar-refractivity contribution in [1.29, 1.82) is 0 Å². The monoisotopic (exact) mass is 281 g/mol. The molecule has 0 saturated heterocycles. The van der Waals surface area contributed by atoms with Gasteiger partial charge in [0.1, 0.15) is 0 Å². The van der Waals surface area contributed by atoms with Gasteiger partial charge in [0.25, 0.3) is 5.69 Å². The van der Waals surface area contributed by atoms with Crippen LogP contribution in [0.5, 0.6) is 0 Å². The van der Waals surface area contributed by atoms with Crippen LogP contribution in [0, 0.1) is 10.1 Å². The zero-order valence-electron chi connectivity index (χ0n) is 10.9. The minimum absolute atomic E-state index is 0.0186. The van der Waals surface area contributed by atoms with E-state index in [9.17, 15) is 10.1 Å². The van der Waals surface area contributed by atoms with Crippen molar-refractivity contribution in [2.75, 3.05) is 5.84 Å². The van der Waals surface area contributed by atoms with Crippen LogP contribution in [0.25, 0.3) is 22.8 Å². The van der Waals surface area contributed by atoms with Crippen LogP contribution >= 0.6 is 0 Å². The molecule has 0 aliphatic heterocycles. The number of nitro groups is 1. The summed E-state index contributed by atoms with van der Waals surface area (Å²) in [6, 6.07) is 15.4. The maximum atomic E-state index is 10.7. The minimum atomic E-state index is -0.452. The van der Waals surface area contributed by atoms with Crippen molar-refractivity contribution in [3.05, 3.63) is 64.7 Å². The van der Waals surface area contributed by atoms with Gasteiger partial charge in [-0.3, -0.25) is 10.1 Å². The van der Waals surface area contributed by atoms with Crippen LogP contribution in [0.15, 0.2) is 54.6 Å². The third-order valence-corrected chi connectivity index (χ3v) is 3.06. The van der Waals surface area contributed by atoms with E-state index < -0.39 is 4.92 Å². The number of non-ortho nitro benzene ring substituents is 1. The second-order valence-corrected chi connectivity index (χ2v) is 4.39. The molecule has 0 bridgehead atoms. The number of nitro benzene ring substituents is 1. The number of nitrogens with two attached hydrogens (primary N) is 1. The van der Waals surface area contributed by atoms with Crippen molar-refractivity contribution in [1.82, 2.24) is 14.9 Å². The molecule has 3 aromatic rings. The second-order valence-electron chi connectivity index (χ2n) is 4.39. The molecule has 7 heteroatoms. The molecule has 1 aromatic heterocycles. The van der Waals surface area contributed by atoms with Crippen LogP contribution in [0.3, 0.4) is 0 Å². The molecule has 0 saturated carbocycles. The van der Waals surface area contributed by atoms with Crippen LogP contribution in [-0.2, 0) is 0 Å². The Hall–Kier alpha value is -3.22. The van der Waals surface area contributed by atoms with E-state index >= 15 is 0 Å². The minimum Gasteiger partial charge on any atom is -0.336 e. The Balaban J connectivity index is 2.01. The average molecular weight is 281 g/mol. The molecule has 0 amide bonds. The van der Waals surface area contributed by atoms with Crippen LogP contribution in [0.4, 0.5) is 5.69 Å². The van der Waals surface area contributed by atoms with Gasteiger partial charge in [0, 0.05) is 23.3 Å². The maximum Gasteiger partial charge on any atom is 0.269 e. The fourth-order valence-corrected chi connectivity index (χ4v) is 2.00. The summed E-state index contributed by atoms with van der Waals surface area (Å²) in [6.45, 7) is 0. The first-order chi connectivity index (χ1) is 10.2. The molecular weight excluding hydrogens is 270 g/mol.